The van der Waals surface area contributed by atoms with Crippen LogP contribution in [0.1, 0.15) is 23.6 Å². The van der Waals surface area contributed by atoms with Crippen molar-refractivity contribution >= 4 is 45.8 Å². The van der Waals surface area contributed by atoms with Crippen molar-refractivity contribution in [3.05, 3.63) is 132 Å². The Morgan fingerprint density at radius 3 is 1.39 bits per heavy atom. The number of anilines is 2. The molecule has 2 aliphatic rings. The van der Waals surface area contributed by atoms with E-state index in [1.807, 2.05) is 42.5 Å². The van der Waals surface area contributed by atoms with E-state index < -0.39 is 5.41 Å². The first-order valence-corrected chi connectivity index (χ1v) is 12.2. The summed E-state index contributed by atoms with van der Waals surface area (Å²) in [6.07, 6.45) is 5.07. The quantitative estimate of drug-likeness (QED) is 0.285. The zero-order valence-electron chi connectivity index (χ0n) is 20.5. The van der Waals surface area contributed by atoms with Crippen LogP contribution >= 0.6 is 0 Å². The van der Waals surface area contributed by atoms with Crippen LogP contribution in [0.4, 0.5) is 11.4 Å². The van der Waals surface area contributed by atoms with Crippen molar-refractivity contribution in [2.45, 2.75) is 12.3 Å². The number of amides is 4. The van der Waals surface area contributed by atoms with Gasteiger partial charge in [0.15, 0.2) is 0 Å². The Bertz CT molecular complexity index is 1570. The molecule has 0 saturated carbocycles. The molecule has 0 bridgehead atoms. The van der Waals surface area contributed by atoms with Crippen molar-refractivity contribution in [3.63, 3.8) is 0 Å². The molecule has 0 saturated heterocycles. The fraction of sp³-hybridized carbons (Fsp3) is 0.0625. The lowest BCUT2D eigenvalue weighted by atomic mass is 9.69. The van der Waals surface area contributed by atoms with Crippen molar-refractivity contribution in [2.24, 2.45) is 0 Å². The lowest BCUT2D eigenvalue weighted by molar-refractivity contribution is -0.121. The van der Waals surface area contributed by atoms with E-state index in [2.05, 4.69) is 31.2 Å². The van der Waals surface area contributed by atoms with Gasteiger partial charge < -0.3 is 0 Å². The first-order valence-electron chi connectivity index (χ1n) is 12.2. The molecular formula is C32H22N2O4. The minimum Gasteiger partial charge on any atom is -0.269 e. The summed E-state index contributed by atoms with van der Waals surface area (Å²) < 4.78 is 0. The number of nitrogens with zero attached hydrogens (tertiary/aromatic N) is 2. The van der Waals surface area contributed by atoms with Crippen LogP contribution in [0, 0.1) is 0 Å². The van der Waals surface area contributed by atoms with Crippen LogP contribution < -0.4 is 9.80 Å². The molecule has 6 rings (SSSR count). The Morgan fingerprint density at radius 1 is 0.500 bits per heavy atom. The van der Waals surface area contributed by atoms with Crippen LogP contribution in [-0.4, -0.2) is 23.6 Å². The zero-order valence-corrected chi connectivity index (χ0v) is 20.5. The zero-order chi connectivity index (χ0) is 26.4. The van der Waals surface area contributed by atoms with Crippen LogP contribution in [0.3, 0.4) is 0 Å². The van der Waals surface area contributed by atoms with Gasteiger partial charge >= 0.3 is 0 Å². The van der Waals surface area contributed by atoms with Crippen LogP contribution in [0.2, 0.25) is 0 Å². The number of carbonyl (C=O) groups excluding carboxylic acids is 4. The Kier molecular flexibility index (Phi) is 5.39. The van der Waals surface area contributed by atoms with Gasteiger partial charge in [0, 0.05) is 29.7 Å². The van der Waals surface area contributed by atoms with Gasteiger partial charge in [-0.25, -0.2) is 9.80 Å². The molecule has 6 heteroatoms. The second-order valence-electron chi connectivity index (χ2n) is 9.44. The SMILES string of the molecule is CC(c1ccc(N2C(=O)C=CC2=O)cc1)(c1ccc(N2C(=O)C=CC2=O)cc1)c1cccc2ccccc12. The normalized spacial score (nSPS) is 15.4. The average Bonchev–Trinajstić information content (AvgIpc) is 3.47. The minimum absolute atomic E-state index is 0.365. The predicted octanol–water partition coefficient (Wildman–Crippen LogP) is 5.05. The fourth-order valence-corrected chi connectivity index (χ4v) is 5.34. The lowest BCUT2D eigenvalue weighted by Gasteiger charge is -2.33. The molecule has 0 unspecified atom stereocenters. The van der Waals surface area contributed by atoms with Gasteiger partial charge in [0.2, 0.25) is 0 Å². The number of hydrogen-bond acceptors (Lipinski definition) is 4. The van der Waals surface area contributed by atoms with E-state index in [1.54, 1.807) is 24.3 Å². The number of imide groups is 2. The molecule has 2 heterocycles. The van der Waals surface area contributed by atoms with Gasteiger partial charge in [-0.3, -0.25) is 19.2 Å². The highest BCUT2D eigenvalue weighted by molar-refractivity contribution is 6.28. The summed E-state index contributed by atoms with van der Waals surface area (Å²) in [6, 6.07) is 29.2. The molecular weight excluding hydrogens is 476 g/mol. The first kappa shape index (κ1) is 23.3. The minimum atomic E-state index is -0.646. The van der Waals surface area contributed by atoms with Gasteiger partial charge in [0.1, 0.15) is 0 Å². The second-order valence-corrected chi connectivity index (χ2v) is 9.44. The summed E-state index contributed by atoms with van der Waals surface area (Å²) in [5, 5.41) is 2.19. The predicted molar refractivity (Wildman–Crippen MR) is 146 cm³/mol. The number of hydrogen-bond donors (Lipinski definition) is 0. The van der Waals surface area contributed by atoms with Gasteiger partial charge in [0.05, 0.1) is 11.4 Å². The highest BCUT2D eigenvalue weighted by Crippen LogP contribution is 2.43. The molecule has 2 aliphatic heterocycles. The van der Waals surface area contributed by atoms with Crippen molar-refractivity contribution in [1.82, 2.24) is 0 Å². The third-order valence-electron chi connectivity index (χ3n) is 7.35. The fourth-order valence-electron chi connectivity index (χ4n) is 5.34. The number of benzene rings is 4. The largest absolute Gasteiger partial charge is 0.269 e. The summed E-state index contributed by atoms with van der Waals surface area (Å²) in [6.45, 7) is 2.13. The highest BCUT2D eigenvalue weighted by Gasteiger charge is 2.34. The van der Waals surface area contributed by atoms with Crippen LogP contribution in [0.25, 0.3) is 10.8 Å². The molecule has 0 N–H and O–H groups in total. The molecule has 6 nitrogen and oxygen atoms in total. The Morgan fingerprint density at radius 2 is 0.921 bits per heavy atom. The molecule has 0 atom stereocenters. The summed E-state index contributed by atoms with van der Waals surface area (Å²) >= 11 is 0. The van der Waals surface area contributed by atoms with Crippen LogP contribution in [0.5, 0.6) is 0 Å². The molecule has 4 amide bonds. The van der Waals surface area contributed by atoms with Crippen molar-refractivity contribution in [1.29, 1.82) is 0 Å². The first-order chi connectivity index (χ1) is 18.4. The van der Waals surface area contributed by atoms with Gasteiger partial charge in [-0.15, -0.1) is 0 Å². The molecule has 184 valence electrons. The van der Waals surface area contributed by atoms with E-state index in [9.17, 15) is 19.2 Å². The van der Waals surface area contributed by atoms with E-state index in [4.69, 9.17) is 0 Å². The van der Waals surface area contributed by atoms with E-state index in [0.717, 1.165) is 37.3 Å². The smallest absolute Gasteiger partial charge is 0.258 e. The van der Waals surface area contributed by atoms with E-state index in [1.165, 1.54) is 24.3 Å². The molecule has 0 radical (unpaired) electrons. The van der Waals surface area contributed by atoms with Gasteiger partial charge in [0.25, 0.3) is 23.6 Å². The molecule has 0 fully saturated rings. The molecule has 38 heavy (non-hydrogen) atoms. The van der Waals surface area contributed by atoms with Crippen LogP contribution in [0.15, 0.2) is 115 Å². The third kappa shape index (κ3) is 3.58. The van der Waals surface area contributed by atoms with Gasteiger partial charge in [-0.2, -0.15) is 0 Å². The van der Waals surface area contributed by atoms with E-state index >= 15 is 0 Å². The van der Waals surface area contributed by atoms with Crippen LogP contribution in [-0.2, 0) is 24.6 Å². The summed E-state index contributed by atoms with van der Waals surface area (Å²) in [5.74, 6) is -1.46. The van der Waals surface area contributed by atoms with Crippen molar-refractivity contribution in [2.75, 3.05) is 9.80 Å². The number of carbonyl (C=O) groups is 4. The lowest BCUT2D eigenvalue weighted by Crippen LogP contribution is -2.30. The monoisotopic (exact) mass is 498 g/mol. The standard InChI is InChI=1S/C32H22N2O4/c1-32(27-8-4-6-21-5-2-3-7-26(21)27,22-9-13-24(14-10-22)33-28(35)17-18-29(33)36)23-11-15-25(16-12-23)34-30(37)19-20-31(34)38/h2-20H,1H3. The Labute approximate surface area is 219 Å². The third-order valence-corrected chi connectivity index (χ3v) is 7.35. The average molecular weight is 499 g/mol. The topological polar surface area (TPSA) is 74.8 Å². The maximum Gasteiger partial charge on any atom is 0.258 e. The maximum atomic E-state index is 12.2. The molecule has 4 aromatic rings. The number of rotatable bonds is 5. The number of fused-ring (bicyclic) bond motifs is 1. The molecule has 0 spiro atoms. The maximum absolute atomic E-state index is 12.2. The summed E-state index contributed by atoms with van der Waals surface area (Å²) in [7, 11) is 0. The van der Waals surface area contributed by atoms with Crippen molar-refractivity contribution in [3.8, 4) is 0 Å². The second kappa shape index (κ2) is 8.78. The molecule has 0 aliphatic carbocycles. The summed E-state index contributed by atoms with van der Waals surface area (Å²) in [4.78, 5) is 51.1. The van der Waals surface area contributed by atoms with E-state index in [-0.39, 0.29) is 23.6 Å². The highest BCUT2D eigenvalue weighted by atomic mass is 16.2. The van der Waals surface area contributed by atoms with E-state index in [0.29, 0.717) is 11.4 Å². The Hall–Kier alpha value is -5.10. The summed E-state index contributed by atoms with van der Waals surface area (Å²) in [5.41, 5.74) is 3.33. The van der Waals surface area contributed by atoms with Crippen molar-refractivity contribution < 1.29 is 19.2 Å². The molecule has 0 aromatic heterocycles. The van der Waals surface area contributed by atoms with Gasteiger partial charge in [-0.1, -0.05) is 66.7 Å². The Balaban J connectivity index is 1.49. The van der Waals surface area contributed by atoms with Gasteiger partial charge in [-0.05, 0) is 58.7 Å². The molecule has 4 aromatic carbocycles.